The molecule has 2 unspecified atom stereocenters. The zero-order chi connectivity index (χ0) is 20.4. The van der Waals surface area contributed by atoms with Crippen LogP contribution in [0.1, 0.15) is 41.5 Å². The van der Waals surface area contributed by atoms with Crippen molar-refractivity contribution in [3.8, 4) is 0 Å². The fourth-order valence-corrected chi connectivity index (χ4v) is 3.09. The summed E-state index contributed by atoms with van der Waals surface area (Å²) in [5.74, 6) is -0.721. The Morgan fingerprint density at radius 1 is 1.00 bits per heavy atom. The summed E-state index contributed by atoms with van der Waals surface area (Å²) in [7, 11) is 0. The second kappa shape index (κ2) is 11.6. The third-order valence-electron chi connectivity index (χ3n) is 4.70. The van der Waals surface area contributed by atoms with E-state index in [0.29, 0.717) is 26.1 Å². The Bertz CT molecular complexity index is 718. The molecule has 1 saturated heterocycles. The Hall–Kier alpha value is -2.21. The summed E-state index contributed by atoms with van der Waals surface area (Å²) in [6.45, 7) is 2.88. The Morgan fingerprint density at radius 3 is 2.14 bits per heavy atom. The SMILES string of the molecule is Cc1ccccc1Cc1ccc(CCCC(=O)O)cc1.OC1COCC(O)C1. The van der Waals surface area contributed by atoms with E-state index in [1.165, 1.54) is 22.3 Å². The quantitative estimate of drug-likeness (QED) is 0.710. The van der Waals surface area contributed by atoms with Gasteiger partial charge in [0.05, 0.1) is 25.4 Å². The summed E-state index contributed by atoms with van der Waals surface area (Å²) >= 11 is 0. The summed E-state index contributed by atoms with van der Waals surface area (Å²) in [4.78, 5) is 10.5. The Labute approximate surface area is 166 Å². The van der Waals surface area contributed by atoms with Gasteiger partial charge >= 0.3 is 5.97 Å². The summed E-state index contributed by atoms with van der Waals surface area (Å²) in [6.07, 6.45) is 2.26. The van der Waals surface area contributed by atoms with Gasteiger partial charge < -0.3 is 20.1 Å². The molecule has 1 aliphatic rings. The Morgan fingerprint density at radius 2 is 1.61 bits per heavy atom. The average Bonchev–Trinajstić information content (AvgIpc) is 2.65. The number of aliphatic carboxylic acids is 1. The molecule has 0 aliphatic carbocycles. The van der Waals surface area contributed by atoms with Crippen LogP contribution in [0.2, 0.25) is 0 Å². The van der Waals surface area contributed by atoms with E-state index >= 15 is 0 Å². The van der Waals surface area contributed by atoms with Crippen molar-refractivity contribution in [2.45, 2.75) is 51.2 Å². The van der Waals surface area contributed by atoms with E-state index in [4.69, 9.17) is 20.1 Å². The normalized spacial score (nSPS) is 18.8. The molecule has 5 heteroatoms. The highest BCUT2D eigenvalue weighted by Gasteiger charge is 2.17. The highest BCUT2D eigenvalue weighted by atomic mass is 16.5. The smallest absolute Gasteiger partial charge is 0.303 e. The topological polar surface area (TPSA) is 87.0 Å². The van der Waals surface area contributed by atoms with Gasteiger partial charge in [0.25, 0.3) is 0 Å². The van der Waals surface area contributed by atoms with Crippen molar-refractivity contribution < 1.29 is 24.9 Å². The molecule has 1 fully saturated rings. The van der Waals surface area contributed by atoms with Crippen molar-refractivity contribution in [3.05, 3.63) is 70.8 Å². The van der Waals surface area contributed by atoms with Crippen LogP contribution in [0.25, 0.3) is 0 Å². The maximum absolute atomic E-state index is 10.5. The zero-order valence-corrected chi connectivity index (χ0v) is 16.4. The minimum Gasteiger partial charge on any atom is -0.481 e. The number of carboxylic acids is 1. The number of hydrogen-bond acceptors (Lipinski definition) is 4. The number of carbonyl (C=O) groups is 1. The number of rotatable bonds is 6. The van der Waals surface area contributed by atoms with Crippen LogP contribution < -0.4 is 0 Å². The molecule has 2 aromatic rings. The van der Waals surface area contributed by atoms with E-state index in [2.05, 4.69) is 55.5 Å². The van der Waals surface area contributed by atoms with Gasteiger partial charge in [0.15, 0.2) is 0 Å². The predicted molar refractivity (Wildman–Crippen MR) is 108 cm³/mol. The molecule has 0 radical (unpaired) electrons. The number of aliphatic hydroxyl groups is 2. The molecule has 1 heterocycles. The van der Waals surface area contributed by atoms with Crippen molar-refractivity contribution in [2.75, 3.05) is 13.2 Å². The molecule has 3 N–H and O–H groups in total. The molecule has 2 aromatic carbocycles. The first-order valence-corrected chi connectivity index (χ1v) is 9.72. The third kappa shape index (κ3) is 8.21. The van der Waals surface area contributed by atoms with Gasteiger partial charge in [-0.1, -0.05) is 48.5 Å². The van der Waals surface area contributed by atoms with E-state index in [-0.39, 0.29) is 6.42 Å². The lowest BCUT2D eigenvalue weighted by atomic mass is 9.99. The average molecular weight is 386 g/mol. The van der Waals surface area contributed by atoms with Gasteiger partial charge in [-0.15, -0.1) is 0 Å². The fraction of sp³-hybridized carbons (Fsp3) is 0.435. The molecule has 152 valence electrons. The van der Waals surface area contributed by atoms with Crippen LogP contribution in [0.15, 0.2) is 48.5 Å². The number of carboxylic acid groups (broad SMARTS) is 1. The maximum Gasteiger partial charge on any atom is 0.303 e. The van der Waals surface area contributed by atoms with Crippen LogP contribution >= 0.6 is 0 Å². The number of aliphatic hydroxyl groups excluding tert-OH is 2. The summed E-state index contributed by atoms with van der Waals surface area (Å²) in [5.41, 5.74) is 5.17. The van der Waals surface area contributed by atoms with Crippen molar-refractivity contribution in [3.63, 3.8) is 0 Å². The molecule has 0 amide bonds. The number of ether oxygens (including phenoxy) is 1. The second-order valence-electron chi connectivity index (χ2n) is 7.25. The predicted octanol–water partition coefficient (Wildman–Crippen LogP) is 3.12. The van der Waals surface area contributed by atoms with E-state index in [0.717, 1.165) is 12.8 Å². The number of hydrogen-bond donors (Lipinski definition) is 3. The molecule has 2 atom stereocenters. The minimum absolute atomic E-state index is 0.241. The highest BCUT2D eigenvalue weighted by molar-refractivity contribution is 5.66. The third-order valence-corrected chi connectivity index (χ3v) is 4.70. The fourth-order valence-electron chi connectivity index (χ4n) is 3.09. The van der Waals surface area contributed by atoms with Gasteiger partial charge in [-0.25, -0.2) is 0 Å². The van der Waals surface area contributed by atoms with E-state index in [9.17, 15) is 4.79 Å². The van der Waals surface area contributed by atoms with Crippen LogP contribution in [-0.2, 0) is 22.4 Å². The van der Waals surface area contributed by atoms with E-state index in [1.54, 1.807) is 0 Å². The monoisotopic (exact) mass is 386 g/mol. The Kier molecular flexibility index (Phi) is 9.14. The molecular weight excluding hydrogens is 356 g/mol. The van der Waals surface area contributed by atoms with Gasteiger partial charge in [0.2, 0.25) is 0 Å². The van der Waals surface area contributed by atoms with Gasteiger partial charge in [-0.2, -0.15) is 0 Å². The van der Waals surface area contributed by atoms with Gasteiger partial charge in [0, 0.05) is 12.8 Å². The van der Waals surface area contributed by atoms with Crippen molar-refractivity contribution in [1.29, 1.82) is 0 Å². The Balaban J connectivity index is 0.000000292. The van der Waals surface area contributed by atoms with Crippen molar-refractivity contribution in [2.24, 2.45) is 0 Å². The molecule has 0 bridgehead atoms. The minimum atomic E-state index is -0.721. The molecule has 5 nitrogen and oxygen atoms in total. The lowest BCUT2D eigenvalue weighted by Gasteiger charge is -2.21. The lowest BCUT2D eigenvalue weighted by Crippen LogP contribution is -2.32. The largest absolute Gasteiger partial charge is 0.481 e. The number of benzene rings is 2. The first-order chi connectivity index (χ1) is 13.4. The molecule has 0 saturated carbocycles. The lowest BCUT2D eigenvalue weighted by molar-refractivity contribution is -0.137. The first-order valence-electron chi connectivity index (χ1n) is 9.72. The second-order valence-corrected chi connectivity index (χ2v) is 7.25. The standard InChI is InChI=1S/C18H20O2.C5H10O3/c1-14-5-2-3-7-17(14)13-16-11-9-15(10-12-16)6-4-8-18(19)20;6-4-1-5(7)3-8-2-4/h2-3,5,7,9-12H,4,6,8,13H2,1H3,(H,19,20);4-7H,1-3H2. The molecule has 0 spiro atoms. The number of aryl methyl sites for hydroxylation is 2. The molecule has 1 aliphatic heterocycles. The van der Waals surface area contributed by atoms with Crippen LogP contribution in [0.4, 0.5) is 0 Å². The van der Waals surface area contributed by atoms with Gasteiger partial charge in [-0.3, -0.25) is 4.79 Å². The van der Waals surface area contributed by atoms with Crippen molar-refractivity contribution >= 4 is 5.97 Å². The highest BCUT2D eigenvalue weighted by Crippen LogP contribution is 2.15. The van der Waals surface area contributed by atoms with E-state index in [1.807, 2.05) is 0 Å². The molecular formula is C23H30O5. The van der Waals surface area contributed by atoms with Crippen LogP contribution in [0.3, 0.4) is 0 Å². The van der Waals surface area contributed by atoms with Crippen LogP contribution in [-0.4, -0.2) is 46.7 Å². The molecule has 3 rings (SSSR count). The van der Waals surface area contributed by atoms with Gasteiger partial charge in [0.1, 0.15) is 0 Å². The molecule has 28 heavy (non-hydrogen) atoms. The summed E-state index contributed by atoms with van der Waals surface area (Å²) < 4.78 is 4.79. The van der Waals surface area contributed by atoms with Crippen molar-refractivity contribution in [1.82, 2.24) is 0 Å². The summed E-state index contributed by atoms with van der Waals surface area (Å²) in [6, 6.07) is 16.9. The maximum atomic E-state index is 10.5. The summed E-state index contributed by atoms with van der Waals surface area (Å²) in [5, 5.41) is 26.2. The van der Waals surface area contributed by atoms with E-state index < -0.39 is 18.2 Å². The van der Waals surface area contributed by atoms with Crippen LogP contribution in [0, 0.1) is 6.92 Å². The van der Waals surface area contributed by atoms with Gasteiger partial charge in [-0.05, 0) is 48.4 Å². The van der Waals surface area contributed by atoms with Crippen LogP contribution in [0.5, 0.6) is 0 Å². The molecule has 0 aromatic heterocycles. The first kappa shape index (κ1) is 22.1. The zero-order valence-electron chi connectivity index (χ0n) is 16.4.